The fraction of sp³-hybridized carbons (Fsp3) is 0.235. The van der Waals surface area contributed by atoms with Gasteiger partial charge in [-0.25, -0.2) is 18.4 Å². The quantitative estimate of drug-likeness (QED) is 0.749. The van der Waals surface area contributed by atoms with Crippen molar-refractivity contribution in [2.24, 2.45) is 0 Å². The smallest absolute Gasteiger partial charge is 0.178 e. The number of aromatic nitrogens is 4. The minimum atomic E-state index is -3.31. The number of nitrogens with one attached hydrogen (secondary N) is 1. The molecule has 0 bridgehead atoms. The van der Waals surface area contributed by atoms with Gasteiger partial charge in [0.25, 0.3) is 0 Å². The number of hydrogen-bond donors (Lipinski definition) is 1. The molecule has 0 fully saturated rings. The van der Waals surface area contributed by atoms with E-state index in [9.17, 15) is 8.42 Å². The zero-order valence-electron chi connectivity index (χ0n) is 14.2. The third-order valence-electron chi connectivity index (χ3n) is 4.26. The van der Waals surface area contributed by atoms with Gasteiger partial charge in [0.2, 0.25) is 0 Å². The lowest BCUT2D eigenvalue weighted by atomic mass is 10.3. The molecule has 0 amide bonds. The van der Waals surface area contributed by atoms with Crippen molar-refractivity contribution in [3.05, 3.63) is 54.6 Å². The molecule has 1 N–H and O–H groups in total. The van der Waals surface area contributed by atoms with Crippen LogP contribution in [0.3, 0.4) is 0 Å². The average Bonchev–Trinajstić information content (AvgIpc) is 3.06. The molecular weight excluding hydrogens is 352 g/mol. The minimum absolute atomic E-state index is 0.277. The monoisotopic (exact) mass is 370 g/mol. The van der Waals surface area contributed by atoms with Gasteiger partial charge in [-0.15, -0.1) is 0 Å². The molecule has 3 aromatic rings. The summed E-state index contributed by atoms with van der Waals surface area (Å²) in [6.07, 6.45) is 4.14. The topological polar surface area (TPSA) is 93.0 Å². The predicted octanol–water partition coefficient (Wildman–Crippen LogP) is 1.84. The van der Waals surface area contributed by atoms with Crippen molar-refractivity contribution in [3.8, 4) is 0 Å². The van der Waals surface area contributed by atoms with Crippen molar-refractivity contribution < 1.29 is 8.42 Å². The maximum Gasteiger partial charge on any atom is 0.178 e. The Balaban J connectivity index is 1.59. The lowest BCUT2D eigenvalue weighted by Gasteiger charge is -2.29. The zero-order valence-corrected chi connectivity index (χ0v) is 15.0. The van der Waals surface area contributed by atoms with Crippen LogP contribution >= 0.6 is 0 Å². The van der Waals surface area contributed by atoms with E-state index in [1.54, 1.807) is 4.68 Å². The van der Waals surface area contributed by atoms with Crippen LogP contribution < -0.4 is 10.2 Å². The number of para-hydroxylation sites is 1. The lowest BCUT2D eigenvalue weighted by Crippen LogP contribution is -2.35. The normalized spacial score (nSPS) is 14.1. The van der Waals surface area contributed by atoms with Gasteiger partial charge < -0.3 is 10.2 Å². The summed E-state index contributed by atoms with van der Waals surface area (Å²) in [5.41, 5.74) is 1.63. The first-order chi connectivity index (χ1) is 12.5. The van der Waals surface area contributed by atoms with Crippen LogP contribution in [0.4, 0.5) is 17.3 Å². The van der Waals surface area contributed by atoms with E-state index in [-0.39, 0.29) is 4.90 Å². The van der Waals surface area contributed by atoms with E-state index >= 15 is 0 Å². The molecule has 8 nitrogen and oxygen atoms in total. The van der Waals surface area contributed by atoms with E-state index in [0.29, 0.717) is 31.1 Å². The molecule has 1 aliphatic heterocycles. The molecule has 1 aliphatic rings. The highest BCUT2D eigenvalue weighted by molar-refractivity contribution is 7.90. The maximum atomic E-state index is 12.0. The van der Waals surface area contributed by atoms with Gasteiger partial charge in [0, 0.05) is 24.6 Å². The molecule has 0 unspecified atom stereocenters. The van der Waals surface area contributed by atoms with Crippen LogP contribution in [0.1, 0.15) is 5.69 Å². The second-order valence-electron chi connectivity index (χ2n) is 6.12. The molecular formula is C17H18N6O2S. The van der Waals surface area contributed by atoms with Crippen LogP contribution in [0.2, 0.25) is 0 Å². The summed E-state index contributed by atoms with van der Waals surface area (Å²) in [7, 11) is -3.31. The number of hydrogen-bond acceptors (Lipinski definition) is 7. The molecule has 0 atom stereocenters. The van der Waals surface area contributed by atoms with Crippen molar-refractivity contribution in [1.82, 2.24) is 19.7 Å². The van der Waals surface area contributed by atoms with Gasteiger partial charge in [-0.3, -0.25) is 4.68 Å². The second-order valence-corrected chi connectivity index (χ2v) is 8.11. The van der Waals surface area contributed by atoms with Crippen molar-refractivity contribution in [1.29, 1.82) is 0 Å². The largest absolute Gasteiger partial charge is 0.349 e. The van der Waals surface area contributed by atoms with E-state index in [2.05, 4.69) is 20.4 Å². The minimum Gasteiger partial charge on any atom is -0.349 e. The SMILES string of the molecule is CS(=O)(=O)c1cnn2c1CN(c1cc(Nc3ccccc3)ncn1)CC2. The Bertz CT molecular complexity index is 1030. The fourth-order valence-electron chi connectivity index (χ4n) is 2.98. The van der Waals surface area contributed by atoms with Crippen molar-refractivity contribution in [3.63, 3.8) is 0 Å². The highest BCUT2D eigenvalue weighted by Crippen LogP contribution is 2.25. The van der Waals surface area contributed by atoms with E-state index in [0.717, 1.165) is 11.5 Å². The molecule has 4 rings (SSSR count). The van der Waals surface area contributed by atoms with Crippen molar-refractivity contribution >= 4 is 27.2 Å². The standard InChI is InChI=1S/C17H18N6O2S/c1-26(24,25)15-10-20-23-8-7-22(11-14(15)23)17-9-16(18-12-19-17)21-13-5-3-2-4-6-13/h2-6,9-10,12H,7-8,11H2,1H3,(H,18,19,21). The Morgan fingerprint density at radius 3 is 2.69 bits per heavy atom. The van der Waals surface area contributed by atoms with Crippen LogP contribution in [-0.2, 0) is 22.9 Å². The van der Waals surface area contributed by atoms with E-state index in [1.165, 1.54) is 18.8 Å². The third-order valence-corrected chi connectivity index (χ3v) is 5.40. The van der Waals surface area contributed by atoms with Crippen LogP contribution in [-0.4, -0.2) is 41.0 Å². The summed E-state index contributed by atoms with van der Waals surface area (Å²) in [6.45, 7) is 1.74. The number of benzene rings is 1. The second kappa shape index (κ2) is 6.41. The van der Waals surface area contributed by atoms with Gasteiger partial charge >= 0.3 is 0 Å². The maximum absolute atomic E-state index is 12.0. The fourth-order valence-corrected chi connectivity index (χ4v) is 3.82. The third kappa shape index (κ3) is 3.25. The van der Waals surface area contributed by atoms with Gasteiger partial charge in [-0.05, 0) is 12.1 Å². The van der Waals surface area contributed by atoms with Gasteiger partial charge in [0.15, 0.2) is 9.84 Å². The number of sulfone groups is 1. The Kier molecular flexibility index (Phi) is 4.08. The average molecular weight is 370 g/mol. The Morgan fingerprint density at radius 2 is 1.92 bits per heavy atom. The van der Waals surface area contributed by atoms with E-state index in [1.807, 2.05) is 41.3 Å². The first-order valence-electron chi connectivity index (χ1n) is 8.14. The van der Waals surface area contributed by atoms with Gasteiger partial charge in [0.1, 0.15) is 22.9 Å². The summed E-state index contributed by atoms with van der Waals surface area (Å²) < 4.78 is 25.7. The summed E-state index contributed by atoms with van der Waals surface area (Å²) >= 11 is 0. The number of anilines is 3. The summed E-state index contributed by atoms with van der Waals surface area (Å²) in [5, 5.41) is 7.43. The van der Waals surface area contributed by atoms with Crippen LogP contribution in [0, 0.1) is 0 Å². The molecule has 134 valence electrons. The Hall–Kier alpha value is -2.94. The number of nitrogens with zero attached hydrogens (tertiary/aromatic N) is 5. The molecule has 0 saturated carbocycles. The van der Waals surface area contributed by atoms with Crippen molar-refractivity contribution in [2.75, 3.05) is 23.0 Å². The highest BCUT2D eigenvalue weighted by Gasteiger charge is 2.25. The van der Waals surface area contributed by atoms with Gasteiger partial charge in [0.05, 0.1) is 25.0 Å². The number of fused-ring (bicyclic) bond motifs is 1. The molecule has 2 aromatic heterocycles. The summed E-state index contributed by atoms with van der Waals surface area (Å²) in [4.78, 5) is 10.9. The first kappa shape index (κ1) is 16.5. The first-order valence-corrected chi connectivity index (χ1v) is 10.0. The van der Waals surface area contributed by atoms with Crippen LogP contribution in [0.5, 0.6) is 0 Å². The molecule has 3 heterocycles. The molecule has 0 radical (unpaired) electrons. The van der Waals surface area contributed by atoms with Gasteiger partial charge in [-0.2, -0.15) is 5.10 Å². The zero-order chi connectivity index (χ0) is 18.1. The van der Waals surface area contributed by atoms with Gasteiger partial charge in [-0.1, -0.05) is 18.2 Å². The van der Waals surface area contributed by atoms with E-state index < -0.39 is 9.84 Å². The molecule has 26 heavy (non-hydrogen) atoms. The predicted molar refractivity (Wildman–Crippen MR) is 98.1 cm³/mol. The van der Waals surface area contributed by atoms with Crippen LogP contribution in [0.15, 0.2) is 53.8 Å². The molecule has 0 aliphatic carbocycles. The van der Waals surface area contributed by atoms with E-state index in [4.69, 9.17) is 0 Å². The van der Waals surface area contributed by atoms with Crippen molar-refractivity contribution in [2.45, 2.75) is 18.0 Å². The number of rotatable bonds is 4. The summed E-state index contributed by atoms with van der Waals surface area (Å²) in [6, 6.07) is 11.6. The Labute approximate surface area is 151 Å². The molecule has 0 spiro atoms. The molecule has 1 aromatic carbocycles. The lowest BCUT2D eigenvalue weighted by molar-refractivity contribution is 0.511. The van der Waals surface area contributed by atoms with Crippen LogP contribution in [0.25, 0.3) is 0 Å². The summed E-state index contributed by atoms with van der Waals surface area (Å²) in [5.74, 6) is 1.42. The Morgan fingerprint density at radius 1 is 1.12 bits per heavy atom. The molecule has 9 heteroatoms. The molecule has 0 saturated heterocycles. The highest BCUT2D eigenvalue weighted by atomic mass is 32.2.